The molecule has 20 heavy (non-hydrogen) atoms. The molecule has 2 heterocycles. The highest BCUT2D eigenvalue weighted by molar-refractivity contribution is 5.93. The lowest BCUT2D eigenvalue weighted by Crippen LogP contribution is -2.33. The summed E-state index contributed by atoms with van der Waals surface area (Å²) in [7, 11) is 0. The van der Waals surface area contributed by atoms with E-state index < -0.39 is 5.97 Å². The number of aromatic nitrogens is 2. The van der Waals surface area contributed by atoms with Crippen molar-refractivity contribution in [3.8, 4) is 5.75 Å². The van der Waals surface area contributed by atoms with Crippen LogP contribution in [0.3, 0.4) is 0 Å². The van der Waals surface area contributed by atoms with Gasteiger partial charge in [0.15, 0.2) is 5.75 Å². The minimum Gasteiger partial charge on any atom is -0.489 e. The van der Waals surface area contributed by atoms with Gasteiger partial charge < -0.3 is 14.7 Å². The van der Waals surface area contributed by atoms with Gasteiger partial charge in [-0.1, -0.05) is 6.07 Å². The monoisotopic (exact) mass is 271 g/mol. The predicted octanol–water partition coefficient (Wildman–Crippen LogP) is 1.57. The Morgan fingerprint density at radius 2 is 2.30 bits per heavy atom. The number of hydrogen-bond donors (Lipinski definition) is 1. The molecule has 0 aliphatic carbocycles. The van der Waals surface area contributed by atoms with Crippen LogP contribution >= 0.6 is 0 Å². The first-order valence-electron chi connectivity index (χ1n) is 6.24. The number of carbonyl (C=O) groups is 1. The molecule has 1 aliphatic rings. The third-order valence-electron chi connectivity index (χ3n) is 3.17. The number of nitrogens with zero attached hydrogens (tertiary/aromatic N) is 3. The van der Waals surface area contributed by atoms with Gasteiger partial charge in [-0.2, -0.15) is 0 Å². The van der Waals surface area contributed by atoms with Gasteiger partial charge in [-0.05, 0) is 18.2 Å². The van der Waals surface area contributed by atoms with Gasteiger partial charge in [0.1, 0.15) is 18.5 Å². The molecule has 0 fully saturated rings. The molecular weight excluding hydrogens is 258 g/mol. The van der Waals surface area contributed by atoms with E-state index in [0.29, 0.717) is 25.4 Å². The zero-order valence-electron chi connectivity index (χ0n) is 10.7. The molecule has 3 rings (SSSR count). The van der Waals surface area contributed by atoms with Crippen molar-refractivity contribution >= 4 is 11.7 Å². The molecule has 1 aliphatic heterocycles. The van der Waals surface area contributed by atoms with Gasteiger partial charge >= 0.3 is 5.97 Å². The molecule has 0 bridgehead atoms. The number of aromatic carboxylic acids is 1. The minimum atomic E-state index is -0.981. The molecule has 1 aromatic carbocycles. The van der Waals surface area contributed by atoms with Crippen molar-refractivity contribution in [1.29, 1.82) is 0 Å². The van der Waals surface area contributed by atoms with Crippen LogP contribution in [-0.2, 0) is 6.54 Å². The fourth-order valence-corrected chi connectivity index (χ4v) is 2.24. The Balaban J connectivity index is 1.94. The summed E-state index contributed by atoms with van der Waals surface area (Å²) >= 11 is 0. The summed E-state index contributed by atoms with van der Waals surface area (Å²) in [6.45, 7) is 1.75. The number of anilines is 1. The van der Waals surface area contributed by atoms with Crippen LogP contribution in [0.25, 0.3) is 0 Å². The van der Waals surface area contributed by atoms with E-state index in [4.69, 9.17) is 4.74 Å². The Labute approximate surface area is 115 Å². The quantitative estimate of drug-likeness (QED) is 0.913. The SMILES string of the molecule is O=C(O)c1cccc2c1OCCN2Cc1ccncn1. The largest absolute Gasteiger partial charge is 0.489 e. The summed E-state index contributed by atoms with van der Waals surface area (Å²) in [6, 6.07) is 6.98. The molecular formula is C14H13N3O3. The minimum absolute atomic E-state index is 0.190. The number of hydrogen-bond acceptors (Lipinski definition) is 5. The summed E-state index contributed by atoms with van der Waals surface area (Å²) < 4.78 is 5.53. The number of rotatable bonds is 3. The smallest absolute Gasteiger partial charge is 0.339 e. The average Bonchev–Trinajstić information content (AvgIpc) is 2.48. The molecule has 0 saturated heterocycles. The number of para-hydroxylation sites is 1. The van der Waals surface area contributed by atoms with Crippen LogP contribution in [0.2, 0.25) is 0 Å². The van der Waals surface area contributed by atoms with Crippen molar-refractivity contribution in [1.82, 2.24) is 9.97 Å². The van der Waals surface area contributed by atoms with Gasteiger partial charge in [-0.3, -0.25) is 0 Å². The van der Waals surface area contributed by atoms with Crippen LogP contribution in [0, 0.1) is 0 Å². The molecule has 0 atom stereocenters. The van der Waals surface area contributed by atoms with Crippen molar-refractivity contribution in [2.45, 2.75) is 6.54 Å². The summed E-state index contributed by atoms with van der Waals surface area (Å²) in [6.07, 6.45) is 3.20. The average molecular weight is 271 g/mol. The fraction of sp³-hybridized carbons (Fsp3) is 0.214. The summed E-state index contributed by atoms with van der Waals surface area (Å²) in [5.41, 5.74) is 1.86. The second kappa shape index (κ2) is 5.16. The van der Waals surface area contributed by atoms with Gasteiger partial charge in [0.05, 0.1) is 24.5 Å². The lowest BCUT2D eigenvalue weighted by atomic mass is 10.1. The van der Waals surface area contributed by atoms with Gasteiger partial charge in [-0.25, -0.2) is 14.8 Å². The molecule has 1 aromatic heterocycles. The Kier molecular flexibility index (Phi) is 3.20. The standard InChI is InChI=1S/C14H13N3O3/c18-14(19)11-2-1-3-12-13(11)20-7-6-17(12)8-10-4-5-15-9-16-10/h1-5,9H,6-8H2,(H,18,19). The van der Waals surface area contributed by atoms with E-state index in [-0.39, 0.29) is 5.56 Å². The van der Waals surface area contributed by atoms with E-state index in [1.165, 1.54) is 6.33 Å². The first-order chi connectivity index (χ1) is 9.75. The van der Waals surface area contributed by atoms with Crippen molar-refractivity contribution in [2.24, 2.45) is 0 Å². The van der Waals surface area contributed by atoms with Gasteiger partial charge in [0, 0.05) is 6.20 Å². The van der Waals surface area contributed by atoms with E-state index in [0.717, 1.165) is 11.4 Å². The van der Waals surface area contributed by atoms with Crippen LogP contribution in [0.5, 0.6) is 5.75 Å². The van der Waals surface area contributed by atoms with Crippen molar-refractivity contribution in [2.75, 3.05) is 18.1 Å². The highest BCUT2D eigenvalue weighted by atomic mass is 16.5. The van der Waals surface area contributed by atoms with Gasteiger partial charge in [0.25, 0.3) is 0 Å². The Hall–Kier alpha value is -2.63. The van der Waals surface area contributed by atoms with E-state index in [9.17, 15) is 9.90 Å². The van der Waals surface area contributed by atoms with Crippen LogP contribution in [-0.4, -0.2) is 34.2 Å². The van der Waals surface area contributed by atoms with Crippen LogP contribution < -0.4 is 9.64 Å². The highest BCUT2D eigenvalue weighted by Gasteiger charge is 2.23. The number of ether oxygens (including phenoxy) is 1. The number of carboxylic acids is 1. The van der Waals surface area contributed by atoms with Gasteiger partial charge in [-0.15, -0.1) is 0 Å². The fourth-order valence-electron chi connectivity index (χ4n) is 2.24. The number of fused-ring (bicyclic) bond motifs is 1. The van der Waals surface area contributed by atoms with Crippen molar-refractivity contribution in [3.63, 3.8) is 0 Å². The van der Waals surface area contributed by atoms with E-state index in [1.807, 2.05) is 12.1 Å². The lowest BCUT2D eigenvalue weighted by molar-refractivity contribution is 0.0692. The molecule has 0 spiro atoms. The van der Waals surface area contributed by atoms with Crippen LogP contribution in [0.4, 0.5) is 5.69 Å². The molecule has 102 valence electrons. The van der Waals surface area contributed by atoms with E-state index >= 15 is 0 Å². The highest BCUT2D eigenvalue weighted by Crippen LogP contribution is 2.35. The summed E-state index contributed by atoms with van der Waals surface area (Å²) in [5, 5.41) is 9.20. The molecule has 0 unspecified atom stereocenters. The maximum absolute atomic E-state index is 11.2. The second-order valence-corrected chi connectivity index (χ2v) is 4.43. The Morgan fingerprint density at radius 1 is 1.40 bits per heavy atom. The second-order valence-electron chi connectivity index (χ2n) is 4.43. The molecule has 0 saturated carbocycles. The van der Waals surface area contributed by atoms with Crippen LogP contribution in [0.1, 0.15) is 16.1 Å². The number of carboxylic acid groups (broad SMARTS) is 1. The third kappa shape index (κ3) is 2.27. The summed E-state index contributed by atoms with van der Waals surface area (Å²) in [5.74, 6) is -0.550. The molecule has 0 radical (unpaired) electrons. The molecule has 2 aromatic rings. The Bertz CT molecular complexity index is 631. The molecule has 0 amide bonds. The Morgan fingerprint density at radius 3 is 3.05 bits per heavy atom. The normalized spacial score (nSPS) is 13.5. The van der Waals surface area contributed by atoms with Gasteiger partial charge in [0.2, 0.25) is 0 Å². The lowest BCUT2D eigenvalue weighted by Gasteiger charge is -2.31. The van der Waals surface area contributed by atoms with Crippen molar-refractivity contribution < 1.29 is 14.6 Å². The third-order valence-corrected chi connectivity index (χ3v) is 3.17. The molecule has 6 heteroatoms. The van der Waals surface area contributed by atoms with Crippen LogP contribution in [0.15, 0.2) is 36.8 Å². The van der Waals surface area contributed by atoms with E-state index in [1.54, 1.807) is 18.3 Å². The van der Waals surface area contributed by atoms with E-state index in [2.05, 4.69) is 14.9 Å². The zero-order valence-corrected chi connectivity index (χ0v) is 10.7. The number of benzene rings is 1. The predicted molar refractivity (Wildman–Crippen MR) is 72.0 cm³/mol. The molecule has 6 nitrogen and oxygen atoms in total. The topological polar surface area (TPSA) is 75.6 Å². The first-order valence-corrected chi connectivity index (χ1v) is 6.24. The zero-order chi connectivity index (χ0) is 13.9. The first kappa shape index (κ1) is 12.4. The van der Waals surface area contributed by atoms with Crippen molar-refractivity contribution in [3.05, 3.63) is 48.0 Å². The maximum Gasteiger partial charge on any atom is 0.339 e. The maximum atomic E-state index is 11.2. The summed E-state index contributed by atoms with van der Waals surface area (Å²) in [4.78, 5) is 21.4. The molecule has 1 N–H and O–H groups in total.